The van der Waals surface area contributed by atoms with E-state index in [1.807, 2.05) is 10.7 Å². The van der Waals surface area contributed by atoms with E-state index in [0.29, 0.717) is 22.5 Å². The summed E-state index contributed by atoms with van der Waals surface area (Å²) in [6.07, 6.45) is 9.40. The molecule has 3 aromatic rings. The maximum atomic E-state index is 15.9. The van der Waals surface area contributed by atoms with Gasteiger partial charge in [-0.25, -0.2) is 14.8 Å². The van der Waals surface area contributed by atoms with Gasteiger partial charge in [0.05, 0.1) is 34.9 Å². The number of hydrazine groups is 1. The molecule has 2 aromatic heterocycles. The predicted octanol–water partition coefficient (Wildman–Crippen LogP) is 2.68. The van der Waals surface area contributed by atoms with E-state index in [9.17, 15) is 4.79 Å². The highest BCUT2D eigenvalue weighted by Gasteiger charge is 2.27. The van der Waals surface area contributed by atoms with Crippen LogP contribution in [0, 0.1) is 5.82 Å². The Hall–Kier alpha value is -3.08. The Bertz CT molecular complexity index is 1170. The first-order chi connectivity index (χ1) is 17.0. The van der Waals surface area contributed by atoms with E-state index in [2.05, 4.69) is 20.4 Å². The topological polar surface area (TPSA) is 118 Å². The van der Waals surface area contributed by atoms with Crippen molar-refractivity contribution in [2.45, 2.75) is 57.2 Å². The number of nitrogens with zero attached hydrogens (tertiary/aromatic N) is 5. The number of nitrogens with two attached hydrogens (primary N) is 2. The first kappa shape index (κ1) is 23.7. The Morgan fingerprint density at radius 1 is 1.09 bits per heavy atom. The van der Waals surface area contributed by atoms with Crippen LogP contribution in [-0.4, -0.2) is 57.3 Å². The number of nitrogens with one attached hydrogen (secondary N) is 1. The molecular formula is C25H33FN8O. The zero-order valence-corrected chi connectivity index (χ0v) is 19.9. The zero-order valence-electron chi connectivity index (χ0n) is 19.9. The summed E-state index contributed by atoms with van der Waals surface area (Å²) in [6.45, 7) is 3.85. The van der Waals surface area contributed by atoms with Gasteiger partial charge in [0.25, 0.3) is 0 Å². The molecular weight excluding hydrogens is 447 g/mol. The van der Waals surface area contributed by atoms with Crippen molar-refractivity contribution in [2.24, 2.45) is 11.5 Å². The fourth-order valence-corrected chi connectivity index (χ4v) is 5.11. The molecule has 35 heavy (non-hydrogen) atoms. The Morgan fingerprint density at radius 2 is 1.89 bits per heavy atom. The fourth-order valence-electron chi connectivity index (χ4n) is 5.11. The Kier molecular flexibility index (Phi) is 6.94. The highest BCUT2D eigenvalue weighted by Crippen LogP contribution is 2.31. The molecule has 9 nitrogen and oxygen atoms in total. The van der Waals surface area contributed by atoms with Crippen molar-refractivity contribution in [3.63, 3.8) is 0 Å². The van der Waals surface area contributed by atoms with Crippen LogP contribution in [0.5, 0.6) is 0 Å². The number of likely N-dealkylation sites (tertiary alicyclic amines) is 1. The minimum absolute atomic E-state index is 0.0281. The van der Waals surface area contributed by atoms with Crippen LogP contribution in [0.3, 0.4) is 0 Å². The number of primary amides is 1. The molecule has 186 valence electrons. The van der Waals surface area contributed by atoms with Crippen molar-refractivity contribution in [3.05, 3.63) is 48.0 Å². The van der Waals surface area contributed by atoms with Gasteiger partial charge in [-0.2, -0.15) is 5.10 Å². The van der Waals surface area contributed by atoms with Crippen molar-refractivity contribution in [1.82, 2.24) is 25.1 Å². The van der Waals surface area contributed by atoms with Gasteiger partial charge in [0.2, 0.25) is 5.91 Å². The number of carbonyl (C=O) groups is 1. The summed E-state index contributed by atoms with van der Waals surface area (Å²) in [5, 5.41) is 6.56. The zero-order chi connectivity index (χ0) is 24.4. The van der Waals surface area contributed by atoms with E-state index in [4.69, 9.17) is 11.5 Å². The van der Waals surface area contributed by atoms with Crippen LogP contribution in [-0.2, 0) is 6.54 Å². The molecule has 1 amide bonds. The third-order valence-electron chi connectivity index (χ3n) is 7.18. The largest absolute Gasteiger partial charge is 0.366 e. The van der Waals surface area contributed by atoms with Gasteiger partial charge in [-0.15, -0.1) is 0 Å². The first-order valence-electron chi connectivity index (χ1n) is 12.5. The van der Waals surface area contributed by atoms with Gasteiger partial charge in [-0.1, -0.05) is 12.8 Å². The number of rotatable bonds is 8. The van der Waals surface area contributed by atoms with Crippen LogP contribution in [0.15, 0.2) is 36.7 Å². The first-order valence-corrected chi connectivity index (χ1v) is 12.5. The summed E-state index contributed by atoms with van der Waals surface area (Å²) in [5.74, 6) is -0.494. The predicted molar refractivity (Wildman–Crippen MR) is 134 cm³/mol. The molecule has 1 aliphatic heterocycles. The molecule has 5 N–H and O–H groups in total. The monoisotopic (exact) mass is 480 g/mol. The Labute approximate surface area is 204 Å². The lowest BCUT2D eigenvalue weighted by atomic mass is 9.91. The number of carbonyl (C=O) groups excluding carboxylic acids is 1. The smallest absolute Gasteiger partial charge is 0.250 e. The minimum atomic E-state index is -0.563. The summed E-state index contributed by atoms with van der Waals surface area (Å²) < 4.78 is 17.8. The SMILES string of the molecule is NC(=O)c1ccc(N(NC2CCCCC2N)c2ccc3c(cnn3CCN3CCCC3)c2F)nc1. The highest BCUT2D eigenvalue weighted by molar-refractivity contribution is 5.92. The van der Waals surface area contributed by atoms with E-state index in [1.54, 1.807) is 29.4 Å². The molecule has 5 rings (SSSR count). The lowest BCUT2D eigenvalue weighted by molar-refractivity contribution is 0.1000. The number of halogens is 1. The molecule has 0 spiro atoms. The molecule has 0 radical (unpaired) electrons. The maximum absolute atomic E-state index is 15.9. The minimum Gasteiger partial charge on any atom is -0.366 e. The van der Waals surface area contributed by atoms with Crippen molar-refractivity contribution in [2.75, 3.05) is 24.6 Å². The molecule has 0 bridgehead atoms. The van der Waals surface area contributed by atoms with Gasteiger partial charge in [0.1, 0.15) is 5.82 Å². The quantitative estimate of drug-likeness (QED) is 0.424. The summed E-state index contributed by atoms with van der Waals surface area (Å²) in [7, 11) is 0. The number of hydrogen-bond acceptors (Lipinski definition) is 7. The Balaban J connectivity index is 1.46. The number of anilines is 2. The molecule has 1 saturated carbocycles. The summed E-state index contributed by atoms with van der Waals surface area (Å²) in [6, 6.07) is 6.82. The van der Waals surface area contributed by atoms with Crippen molar-refractivity contribution >= 4 is 28.3 Å². The Morgan fingerprint density at radius 3 is 2.60 bits per heavy atom. The van der Waals surface area contributed by atoms with Gasteiger partial charge < -0.3 is 16.4 Å². The number of aromatic nitrogens is 3. The number of amides is 1. The molecule has 10 heteroatoms. The molecule has 2 atom stereocenters. The van der Waals surface area contributed by atoms with Crippen LogP contribution in [0.1, 0.15) is 48.9 Å². The molecule has 3 heterocycles. The molecule has 1 aromatic carbocycles. The van der Waals surface area contributed by atoms with Gasteiger partial charge in [0, 0.05) is 24.8 Å². The van der Waals surface area contributed by atoms with Gasteiger partial charge in [-0.3, -0.25) is 14.5 Å². The number of hydrogen-bond donors (Lipinski definition) is 3. The van der Waals surface area contributed by atoms with Crippen molar-refractivity contribution in [3.8, 4) is 0 Å². The second kappa shape index (κ2) is 10.3. The number of fused-ring (bicyclic) bond motifs is 1. The van der Waals surface area contributed by atoms with Crippen LogP contribution in [0.25, 0.3) is 10.9 Å². The van der Waals surface area contributed by atoms with E-state index < -0.39 is 5.91 Å². The standard InChI is InChI=1S/C25H33FN8O/c26-24-18-16-30-33(14-13-32-11-3-4-12-32)21(18)8-9-22(24)34(31-20-6-2-1-5-19(20)27)23-10-7-17(15-29-23)25(28)35/h7-10,15-16,19-20,31H,1-6,11-14,27H2,(H2,28,35). The number of pyridine rings is 1. The van der Waals surface area contributed by atoms with E-state index in [0.717, 1.165) is 57.4 Å². The molecule has 2 aliphatic rings. The van der Waals surface area contributed by atoms with E-state index in [1.165, 1.54) is 19.0 Å². The normalized spacial score (nSPS) is 21.0. The second-order valence-corrected chi connectivity index (χ2v) is 9.54. The lowest BCUT2D eigenvalue weighted by Crippen LogP contribution is -2.53. The summed E-state index contributed by atoms with van der Waals surface area (Å²) >= 11 is 0. The van der Waals surface area contributed by atoms with Crippen molar-refractivity contribution in [1.29, 1.82) is 0 Å². The fraction of sp³-hybridized carbons (Fsp3) is 0.480. The average molecular weight is 481 g/mol. The van der Waals surface area contributed by atoms with Crippen LogP contribution in [0.2, 0.25) is 0 Å². The summed E-state index contributed by atoms with van der Waals surface area (Å²) in [4.78, 5) is 18.3. The van der Waals surface area contributed by atoms with E-state index in [-0.39, 0.29) is 17.9 Å². The molecule has 2 unspecified atom stereocenters. The van der Waals surface area contributed by atoms with Gasteiger partial charge in [0.15, 0.2) is 5.82 Å². The lowest BCUT2D eigenvalue weighted by Gasteiger charge is -2.35. The average Bonchev–Trinajstić information content (AvgIpc) is 3.53. The molecule has 1 aliphatic carbocycles. The third-order valence-corrected chi connectivity index (χ3v) is 7.18. The van der Waals surface area contributed by atoms with Crippen LogP contribution < -0.4 is 21.9 Å². The molecule has 2 fully saturated rings. The molecule has 1 saturated heterocycles. The number of benzene rings is 1. The highest BCUT2D eigenvalue weighted by atomic mass is 19.1. The van der Waals surface area contributed by atoms with Gasteiger partial charge in [-0.05, 0) is 63.0 Å². The van der Waals surface area contributed by atoms with Crippen LogP contribution in [0.4, 0.5) is 15.9 Å². The second-order valence-electron chi connectivity index (χ2n) is 9.54. The third kappa shape index (κ3) is 5.00. The van der Waals surface area contributed by atoms with Crippen molar-refractivity contribution < 1.29 is 9.18 Å². The van der Waals surface area contributed by atoms with Gasteiger partial charge >= 0.3 is 0 Å². The van der Waals surface area contributed by atoms with Crippen LogP contribution >= 0.6 is 0 Å². The summed E-state index contributed by atoms with van der Waals surface area (Å²) in [5.41, 5.74) is 16.6. The maximum Gasteiger partial charge on any atom is 0.250 e. The van der Waals surface area contributed by atoms with E-state index >= 15 is 4.39 Å².